The Hall–Kier alpha value is -3.36. The molecule has 2 atom stereocenters. The Bertz CT molecular complexity index is 1390. The van der Waals surface area contributed by atoms with Gasteiger partial charge in [-0.25, -0.2) is 23.1 Å². The average molecular weight is 539 g/mol. The molecule has 4 heterocycles. The molecule has 11 nitrogen and oxygen atoms in total. The number of carbonyl (C=O) groups is 1. The molecule has 2 amide bonds. The van der Waals surface area contributed by atoms with Gasteiger partial charge < -0.3 is 20.2 Å². The number of aromatic nitrogens is 3. The first-order valence-corrected chi connectivity index (χ1v) is 13.4. The minimum Gasteiger partial charge on any atom is -0.391 e. The van der Waals surface area contributed by atoms with Gasteiger partial charge in [-0.05, 0) is 50.5 Å². The van der Waals surface area contributed by atoms with E-state index in [1.54, 1.807) is 21.7 Å². The van der Waals surface area contributed by atoms with Gasteiger partial charge in [-0.3, -0.25) is 4.55 Å². The van der Waals surface area contributed by atoms with Crippen LogP contribution in [0.4, 0.5) is 25.1 Å². The van der Waals surface area contributed by atoms with Crippen LogP contribution in [0.5, 0.6) is 0 Å². The smallest absolute Gasteiger partial charge is 0.322 e. The molecule has 200 valence electrons. The molecule has 2 aromatic heterocycles. The number of carbonyl (C=O) groups excluding carboxylic acids is 1. The summed E-state index contributed by atoms with van der Waals surface area (Å²) in [4.78, 5) is 20.7. The van der Waals surface area contributed by atoms with Crippen LogP contribution in [0.15, 0.2) is 36.7 Å². The van der Waals surface area contributed by atoms with Gasteiger partial charge in [0, 0.05) is 31.4 Å². The highest BCUT2D eigenvalue weighted by atomic mass is 32.2. The largest absolute Gasteiger partial charge is 0.391 e. The lowest BCUT2D eigenvalue weighted by atomic mass is 10.0. The fraction of sp³-hybridized carbons (Fsp3) is 0.435. The minimum absolute atomic E-state index is 0.201. The monoisotopic (exact) mass is 538 g/mol. The number of urea groups is 1. The molecule has 0 radical (unpaired) electrons. The molecule has 5 rings (SSSR count). The molecule has 0 aliphatic carbocycles. The number of nitrogens with zero attached hydrogens (tertiary/aromatic N) is 5. The summed E-state index contributed by atoms with van der Waals surface area (Å²) >= 11 is 0. The molecule has 2 saturated heterocycles. The number of hydrogen-bond acceptors (Lipinski definition) is 7. The van der Waals surface area contributed by atoms with E-state index in [-0.39, 0.29) is 17.8 Å². The second-order valence-corrected chi connectivity index (χ2v) is 10.6. The summed E-state index contributed by atoms with van der Waals surface area (Å²) in [5.41, 5.74) is 1.21. The second kappa shape index (κ2) is 10.9. The highest BCUT2D eigenvalue weighted by Gasteiger charge is 2.30. The first-order valence-electron chi connectivity index (χ1n) is 11.8. The number of amides is 2. The Kier molecular flexibility index (Phi) is 7.90. The third-order valence-electron chi connectivity index (χ3n) is 6.28. The van der Waals surface area contributed by atoms with E-state index in [2.05, 4.69) is 15.4 Å². The fourth-order valence-corrected chi connectivity index (χ4v) is 4.36. The van der Waals surface area contributed by atoms with Crippen LogP contribution in [0.3, 0.4) is 0 Å². The zero-order chi connectivity index (χ0) is 26.7. The number of nitrogens with one attached hydrogen (secondary N) is 1. The van der Waals surface area contributed by atoms with Crippen LogP contribution in [0.1, 0.15) is 37.8 Å². The zero-order valence-electron chi connectivity index (χ0n) is 20.1. The van der Waals surface area contributed by atoms with E-state index in [0.717, 1.165) is 18.6 Å². The molecule has 3 aromatic rings. The number of aliphatic hydroxyl groups is 1. The number of fused-ring (bicyclic) bond motifs is 1. The van der Waals surface area contributed by atoms with Crippen molar-refractivity contribution in [2.24, 2.45) is 0 Å². The maximum atomic E-state index is 14.4. The lowest BCUT2D eigenvalue weighted by Gasteiger charge is -2.26. The van der Waals surface area contributed by atoms with E-state index in [1.165, 1.54) is 19.2 Å². The highest BCUT2D eigenvalue weighted by Crippen LogP contribution is 2.37. The van der Waals surface area contributed by atoms with Crippen molar-refractivity contribution in [2.75, 3.05) is 35.6 Å². The van der Waals surface area contributed by atoms with Crippen LogP contribution >= 0.6 is 0 Å². The van der Waals surface area contributed by atoms with Gasteiger partial charge in [0.2, 0.25) is 0 Å². The van der Waals surface area contributed by atoms with Gasteiger partial charge in [0.25, 0.3) is 10.1 Å². The lowest BCUT2D eigenvalue weighted by Crippen LogP contribution is -2.33. The Morgan fingerprint density at radius 3 is 2.65 bits per heavy atom. The molecule has 0 bridgehead atoms. The molecule has 1 aromatic carbocycles. The standard InChI is InChI=1S/C21H22F2N6O2.C2H6O3S/c22-13-3-4-16(23)15(10-13)18-2-1-7-28(18)19-6-9-29-20(26-19)17(11-24-29)25-21(31)27-8-5-14(30)12-27;1-2-6(3,4)5/h3-4,6,9-11,14,18,30H,1-2,5,7-8,12H2,(H,25,31);2H2,1H3,(H,3,4,5)/t14-,18+;/m0./s1. The number of halogens is 2. The summed E-state index contributed by atoms with van der Waals surface area (Å²) in [6.07, 6.45) is 4.81. The normalized spacial score (nSPS) is 19.7. The maximum Gasteiger partial charge on any atom is 0.322 e. The summed E-state index contributed by atoms with van der Waals surface area (Å²) in [5, 5.41) is 16.7. The molecule has 2 aliphatic rings. The zero-order valence-corrected chi connectivity index (χ0v) is 20.9. The van der Waals surface area contributed by atoms with Gasteiger partial charge in [-0.1, -0.05) is 0 Å². The molecule has 37 heavy (non-hydrogen) atoms. The van der Waals surface area contributed by atoms with Crippen LogP contribution in [0, 0.1) is 11.6 Å². The number of aliphatic hydroxyl groups excluding tert-OH is 1. The fourth-order valence-electron chi connectivity index (χ4n) is 4.36. The number of benzene rings is 1. The predicted octanol–water partition coefficient (Wildman–Crippen LogP) is 2.84. The summed E-state index contributed by atoms with van der Waals surface area (Å²) < 4.78 is 56.6. The van der Waals surface area contributed by atoms with Crippen molar-refractivity contribution in [3.05, 3.63) is 53.9 Å². The Labute approximate surface area is 212 Å². The van der Waals surface area contributed by atoms with Gasteiger partial charge in [0.1, 0.15) is 23.1 Å². The molecule has 0 unspecified atom stereocenters. The van der Waals surface area contributed by atoms with Crippen LogP contribution in [0.2, 0.25) is 0 Å². The molecular weight excluding hydrogens is 510 g/mol. The van der Waals surface area contributed by atoms with Gasteiger partial charge >= 0.3 is 6.03 Å². The second-order valence-electron chi connectivity index (χ2n) is 8.82. The predicted molar refractivity (Wildman–Crippen MR) is 132 cm³/mol. The van der Waals surface area contributed by atoms with E-state index in [1.807, 2.05) is 4.90 Å². The van der Waals surface area contributed by atoms with Gasteiger partial charge in [0.05, 0.1) is 24.1 Å². The lowest BCUT2D eigenvalue weighted by molar-refractivity contribution is 0.176. The summed E-state index contributed by atoms with van der Waals surface area (Å²) in [6, 6.07) is 4.64. The van der Waals surface area contributed by atoms with Crippen molar-refractivity contribution in [1.82, 2.24) is 19.5 Å². The van der Waals surface area contributed by atoms with Crippen LogP contribution in [-0.4, -0.2) is 75.1 Å². The summed E-state index contributed by atoms with van der Waals surface area (Å²) in [5.74, 6) is -0.511. The quantitative estimate of drug-likeness (QED) is 0.431. The average Bonchev–Trinajstić information content (AvgIpc) is 3.60. The summed E-state index contributed by atoms with van der Waals surface area (Å²) in [6.45, 7) is 2.80. The first kappa shape index (κ1) is 26.7. The Balaban J connectivity index is 0.000000480. The molecule has 2 aliphatic heterocycles. The molecule has 14 heteroatoms. The van der Waals surface area contributed by atoms with Crippen molar-refractivity contribution < 1.29 is 31.7 Å². The number of hydrogen-bond donors (Lipinski definition) is 3. The van der Waals surface area contributed by atoms with Crippen LogP contribution in [-0.2, 0) is 10.1 Å². The molecule has 0 spiro atoms. The molecule has 3 N–H and O–H groups in total. The van der Waals surface area contributed by atoms with Crippen molar-refractivity contribution >= 4 is 33.3 Å². The highest BCUT2D eigenvalue weighted by molar-refractivity contribution is 7.85. The van der Waals surface area contributed by atoms with Gasteiger partial charge in [0.15, 0.2) is 5.65 Å². The third-order valence-corrected chi connectivity index (χ3v) is 7.01. The summed E-state index contributed by atoms with van der Waals surface area (Å²) in [7, 11) is -3.66. The van der Waals surface area contributed by atoms with Crippen molar-refractivity contribution in [2.45, 2.75) is 38.3 Å². The van der Waals surface area contributed by atoms with Crippen molar-refractivity contribution in [1.29, 1.82) is 0 Å². The Morgan fingerprint density at radius 2 is 1.97 bits per heavy atom. The van der Waals surface area contributed by atoms with Crippen LogP contribution < -0.4 is 10.2 Å². The van der Waals surface area contributed by atoms with Crippen molar-refractivity contribution in [3.63, 3.8) is 0 Å². The Morgan fingerprint density at radius 1 is 1.22 bits per heavy atom. The van der Waals surface area contributed by atoms with Gasteiger partial charge in [-0.15, -0.1) is 0 Å². The SMILES string of the molecule is CCS(=O)(=O)O.O=C(Nc1cnn2ccc(N3CCC[C@@H]3c3cc(F)ccc3F)nc12)N1CC[C@H](O)C1. The van der Waals surface area contributed by atoms with Crippen molar-refractivity contribution in [3.8, 4) is 0 Å². The molecule has 2 fully saturated rings. The molecular formula is C23H28F2N6O5S. The van der Waals surface area contributed by atoms with E-state index >= 15 is 0 Å². The van der Waals surface area contributed by atoms with E-state index < -0.39 is 27.9 Å². The minimum atomic E-state index is -3.66. The number of likely N-dealkylation sites (tertiary alicyclic amines) is 1. The number of β-amino-alcohol motifs (C(OH)–C–C–N with tert-alkyl or cyclic N) is 1. The van der Waals surface area contributed by atoms with E-state index in [9.17, 15) is 27.1 Å². The topological polar surface area (TPSA) is 140 Å². The van der Waals surface area contributed by atoms with Crippen LogP contribution in [0.25, 0.3) is 5.65 Å². The van der Waals surface area contributed by atoms with E-state index in [0.29, 0.717) is 55.2 Å². The number of rotatable bonds is 4. The van der Waals surface area contributed by atoms with E-state index in [4.69, 9.17) is 4.55 Å². The maximum absolute atomic E-state index is 14.4. The van der Waals surface area contributed by atoms with Gasteiger partial charge in [-0.2, -0.15) is 13.5 Å². The number of anilines is 2. The third kappa shape index (κ3) is 6.32. The molecule has 0 saturated carbocycles. The first-order chi connectivity index (χ1) is 17.6.